The van der Waals surface area contributed by atoms with E-state index in [2.05, 4.69) is 44.2 Å². The summed E-state index contributed by atoms with van der Waals surface area (Å²) < 4.78 is 0. The third-order valence-corrected chi connectivity index (χ3v) is 7.86. The van der Waals surface area contributed by atoms with Crippen molar-refractivity contribution in [2.45, 2.75) is 116 Å². The zero-order valence-electron chi connectivity index (χ0n) is 18.4. The first-order valence-corrected chi connectivity index (χ1v) is 12.2. The molecule has 0 amide bonds. The molecule has 2 aliphatic rings. The van der Waals surface area contributed by atoms with Gasteiger partial charge in [-0.2, -0.15) is 5.26 Å². The van der Waals surface area contributed by atoms with Crippen LogP contribution in [0.5, 0.6) is 0 Å². The Morgan fingerprint density at radius 2 is 1.39 bits per heavy atom. The van der Waals surface area contributed by atoms with Gasteiger partial charge in [0.1, 0.15) is 0 Å². The van der Waals surface area contributed by atoms with Gasteiger partial charge in [0.2, 0.25) is 0 Å². The maximum atomic E-state index is 9.78. The van der Waals surface area contributed by atoms with E-state index in [-0.39, 0.29) is 5.41 Å². The smallest absolute Gasteiger partial charge is 0.0689 e. The normalized spacial score (nSPS) is 30.7. The quantitative estimate of drug-likeness (QED) is 0.415. The van der Waals surface area contributed by atoms with Gasteiger partial charge < -0.3 is 0 Å². The molecule has 0 aromatic heterocycles. The summed E-state index contributed by atoms with van der Waals surface area (Å²) in [5, 5.41) is 9.78. The molecule has 0 unspecified atom stereocenters. The molecule has 3 rings (SSSR count). The Morgan fingerprint density at radius 1 is 0.821 bits per heavy atom. The van der Waals surface area contributed by atoms with Crippen molar-refractivity contribution in [1.82, 2.24) is 0 Å². The van der Waals surface area contributed by atoms with Crippen LogP contribution in [0.3, 0.4) is 0 Å². The summed E-state index contributed by atoms with van der Waals surface area (Å²) in [5.41, 5.74) is 3.06. The summed E-state index contributed by atoms with van der Waals surface area (Å²) in [5.74, 6) is 2.45. The number of benzene rings is 1. The molecule has 0 radical (unpaired) electrons. The van der Waals surface area contributed by atoms with Crippen molar-refractivity contribution in [3.8, 4) is 6.07 Å². The van der Waals surface area contributed by atoms with Gasteiger partial charge in [0.15, 0.2) is 0 Å². The Balaban J connectivity index is 1.52. The van der Waals surface area contributed by atoms with Crippen LogP contribution < -0.4 is 0 Å². The Morgan fingerprint density at radius 3 is 1.89 bits per heavy atom. The molecule has 2 aliphatic carbocycles. The molecule has 1 heteroatoms. The predicted octanol–water partition coefficient (Wildman–Crippen LogP) is 8.51. The summed E-state index contributed by atoms with van der Waals surface area (Å²) in [6, 6.07) is 12.4. The second-order valence-corrected chi connectivity index (χ2v) is 9.80. The molecule has 0 bridgehead atoms. The highest BCUT2D eigenvalue weighted by Crippen LogP contribution is 2.46. The molecule has 28 heavy (non-hydrogen) atoms. The maximum absolute atomic E-state index is 9.78. The first-order valence-electron chi connectivity index (χ1n) is 12.2. The van der Waals surface area contributed by atoms with E-state index in [1.807, 2.05) is 0 Å². The fraction of sp³-hybridized carbons (Fsp3) is 0.741. The highest BCUT2D eigenvalue weighted by atomic mass is 14.4. The van der Waals surface area contributed by atoms with Crippen LogP contribution in [0.1, 0.15) is 127 Å². The van der Waals surface area contributed by atoms with Crippen LogP contribution in [0.15, 0.2) is 24.3 Å². The largest absolute Gasteiger partial charge is 0.198 e. The first kappa shape index (κ1) is 21.4. The molecule has 1 aromatic carbocycles. The van der Waals surface area contributed by atoms with Crippen molar-refractivity contribution in [1.29, 1.82) is 5.26 Å². The van der Waals surface area contributed by atoms with Gasteiger partial charge in [-0.15, -0.1) is 0 Å². The minimum absolute atomic E-state index is 0.0251. The van der Waals surface area contributed by atoms with Crippen molar-refractivity contribution < 1.29 is 0 Å². The number of rotatable bonds is 8. The van der Waals surface area contributed by atoms with Crippen molar-refractivity contribution in [2.75, 3.05) is 0 Å². The van der Waals surface area contributed by atoms with E-state index >= 15 is 0 Å². The van der Waals surface area contributed by atoms with Crippen LogP contribution in [0.2, 0.25) is 0 Å². The maximum Gasteiger partial charge on any atom is 0.0689 e. The Bertz CT molecular complexity index is 607. The Labute approximate surface area is 173 Å². The molecule has 0 saturated heterocycles. The average Bonchev–Trinajstić information content (AvgIpc) is 2.75. The Kier molecular flexibility index (Phi) is 8.01. The molecule has 2 saturated carbocycles. The standard InChI is InChI=1S/C27H41N/c1-3-5-6-18-27(21-28)19-16-26(17-20-27)25-14-12-24(13-15-25)23-10-8-22(7-4-2)9-11-23/h12-15,22-23,26H,3-11,16-20H2,1-2H3/t22-,23-,26-,27-. The van der Waals surface area contributed by atoms with Crippen LogP contribution in [0.25, 0.3) is 0 Å². The number of hydrogen-bond donors (Lipinski definition) is 0. The number of hydrogen-bond acceptors (Lipinski definition) is 1. The van der Waals surface area contributed by atoms with Crippen LogP contribution in [0.4, 0.5) is 0 Å². The fourth-order valence-electron chi connectivity index (χ4n) is 5.87. The lowest BCUT2D eigenvalue weighted by Crippen LogP contribution is -2.25. The fourth-order valence-corrected chi connectivity index (χ4v) is 5.87. The topological polar surface area (TPSA) is 23.8 Å². The van der Waals surface area contributed by atoms with Gasteiger partial charge in [0.25, 0.3) is 0 Å². The van der Waals surface area contributed by atoms with Crippen LogP contribution in [-0.4, -0.2) is 0 Å². The van der Waals surface area contributed by atoms with E-state index < -0.39 is 0 Å². The summed E-state index contributed by atoms with van der Waals surface area (Å²) in [6.07, 6.45) is 17.8. The van der Waals surface area contributed by atoms with Crippen molar-refractivity contribution in [3.05, 3.63) is 35.4 Å². The van der Waals surface area contributed by atoms with Crippen LogP contribution in [0, 0.1) is 22.7 Å². The van der Waals surface area contributed by atoms with Gasteiger partial charge in [0.05, 0.1) is 11.5 Å². The highest BCUT2D eigenvalue weighted by Gasteiger charge is 2.35. The van der Waals surface area contributed by atoms with E-state index in [0.29, 0.717) is 5.92 Å². The molecule has 2 fully saturated rings. The summed E-state index contributed by atoms with van der Waals surface area (Å²) >= 11 is 0. The molecular weight excluding hydrogens is 338 g/mol. The number of unbranched alkanes of at least 4 members (excludes halogenated alkanes) is 2. The molecule has 1 nitrogen and oxygen atoms in total. The zero-order chi connectivity index (χ0) is 19.8. The molecule has 0 spiro atoms. The van der Waals surface area contributed by atoms with Gasteiger partial charge in [-0.05, 0) is 86.7 Å². The van der Waals surface area contributed by atoms with E-state index in [4.69, 9.17) is 0 Å². The monoisotopic (exact) mass is 379 g/mol. The van der Waals surface area contributed by atoms with E-state index in [0.717, 1.165) is 31.1 Å². The third kappa shape index (κ3) is 5.40. The molecule has 0 aliphatic heterocycles. The Hall–Kier alpha value is -1.29. The van der Waals surface area contributed by atoms with Crippen molar-refractivity contribution >= 4 is 0 Å². The van der Waals surface area contributed by atoms with E-state index in [1.54, 1.807) is 5.56 Å². The molecule has 0 heterocycles. The molecule has 0 N–H and O–H groups in total. The summed E-state index contributed by atoms with van der Waals surface area (Å²) in [6.45, 7) is 4.57. The zero-order valence-corrected chi connectivity index (χ0v) is 18.4. The molecule has 0 atom stereocenters. The summed E-state index contributed by atoms with van der Waals surface area (Å²) in [7, 11) is 0. The average molecular weight is 380 g/mol. The van der Waals surface area contributed by atoms with Crippen molar-refractivity contribution in [3.63, 3.8) is 0 Å². The van der Waals surface area contributed by atoms with Gasteiger partial charge >= 0.3 is 0 Å². The second kappa shape index (κ2) is 10.5. The van der Waals surface area contributed by atoms with Crippen LogP contribution >= 0.6 is 0 Å². The van der Waals surface area contributed by atoms with Crippen LogP contribution in [-0.2, 0) is 0 Å². The molecular formula is C27H41N. The molecule has 1 aromatic rings. The van der Waals surface area contributed by atoms with Gasteiger partial charge in [-0.25, -0.2) is 0 Å². The number of nitrogens with zero attached hydrogens (tertiary/aromatic N) is 1. The molecule has 154 valence electrons. The lowest BCUT2D eigenvalue weighted by atomic mass is 9.67. The second-order valence-electron chi connectivity index (χ2n) is 9.80. The highest BCUT2D eigenvalue weighted by molar-refractivity contribution is 5.29. The van der Waals surface area contributed by atoms with Gasteiger partial charge in [0, 0.05) is 0 Å². The van der Waals surface area contributed by atoms with E-state index in [9.17, 15) is 5.26 Å². The predicted molar refractivity (Wildman–Crippen MR) is 119 cm³/mol. The van der Waals surface area contributed by atoms with Gasteiger partial charge in [-0.3, -0.25) is 0 Å². The van der Waals surface area contributed by atoms with Gasteiger partial charge in [-0.1, -0.05) is 70.2 Å². The van der Waals surface area contributed by atoms with E-state index in [1.165, 1.54) is 76.2 Å². The summed E-state index contributed by atoms with van der Waals surface area (Å²) in [4.78, 5) is 0. The SMILES string of the molecule is CCCCC[C@]1(C#N)CC[C@H](c2ccc([C@H]3CC[C@H](CCC)CC3)cc2)CC1. The minimum Gasteiger partial charge on any atom is -0.198 e. The third-order valence-electron chi connectivity index (χ3n) is 7.86. The van der Waals surface area contributed by atoms with Crippen molar-refractivity contribution in [2.24, 2.45) is 11.3 Å². The number of nitriles is 1. The lowest BCUT2D eigenvalue weighted by molar-refractivity contribution is 0.223. The minimum atomic E-state index is -0.0251. The lowest BCUT2D eigenvalue weighted by Gasteiger charge is -2.35. The first-order chi connectivity index (χ1) is 13.7.